The summed E-state index contributed by atoms with van der Waals surface area (Å²) in [6, 6.07) is 32.2. The number of hydrogen-bond acceptors (Lipinski definition) is 2. The highest BCUT2D eigenvalue weighted by atomic mass is 16.1. The van der Waals surface area contributed by atoms with Crippen LogP contribution in [0, 0.1) is 18.3 Å². The second-order valence-corrected chi connectivity index (χ2v) is 8.38. The first kappa shape index (κ1) is 21.2. The number of nitrogens with one attached hydrogen (secondary N) is 1. The fourth-order valence-electron chi connectivity index (χ4n) is 4.21. The molecule has 0 bridgehead atoms. The fourth-order valence-corrected chi connectivity index (χ4v) is 4.21. The average Bonchev–Trinajstić information content (AvgIpc) is 3.20. The SMILES string of the molecule is Cc1ccc(NC(=O)Cn2cc(C=C(C#N)c3ccc4ccccc4c3)c3ccccc32)cc1. The third-order valence-corrected chi connectivity index (χ3v) is 5.95. The highest BCUT2D eigenvalue weighted by Gasteiger charge is 2.12. The lowest BCUT2D eigenvalue weighted by atomic mass is 10.00. The number of carbonyl (C=O) groups is 1. The largest absolute Gasteiger partial charge is 0.337 e. The predicted octanol–water partition coefficient (Wildman–Crippen LogP) is 6.81. The van der Waals surface area contributed by atoms with Crippen molar-refractivity contribution in [2.45, 2.75) is 13.5 Å². The van der Waals surface area contributed by atoms with Gasteiger partial charge in [-0.3, -0.25) is 4.79 Å². The Kier molecular flexibility index (Phi) is 5.68. The van der Waals surface area contributed by atoms with Crippen LogP contribution in [0.4, 0.5) is 5.69 Å². The van der Waals surface area contributed by atoms with Crippen molar-refractivity contribution in [3.05, 3.63) is 114 Å². The molecule has 0 aliphatic rings. The molecule has 1 amide bonds. The van der Waals surface area contributed by atoms with Gasteiger partial charge in [0.25, 0.3) is 0 Å². The summed E-state index contributed by atoms with van der Waals surface area (Å²) in [6.07, 6.45) is 3.85. The van der Waals surface area contributed by atoms with E-state index in [9.17, 15) is 10.1 Å². The molecule has 0 saturated carbocycles. The van der Waals surface area contributed by atoms with Gasteiger partial charge in [0.05, 0.1) is 11.6 Å². The lowest BCUT2D eigenvalue weighted by Crippen LogP contribution is -2.18. The molecule has 4 heteroatoms. The Labute approximate surface area is 198 Å². The van der Waals surface area contributed by atoms with Crippen LogP contribution in [-0.2, 0) is 11.3 Å². The van der Waals surface area contributed by atoms with Crippen molar-refractivity contribution >= 4 is 44.9 Å². The van der Waals surface area contributed by atoms with Gasteiger partial charge in [-0.1, -0.05) is 72.3 Å². The molecular formula is C30H23N3O. The highest BCUT2D eigenvalue weighted by Crippen LogP contribution is 2.28. The van der Waals surface area contributed by atoms with E-state index in [1.807, 2.05) is 109 Å². The van der Waals surface area contributed by atoms with E-state index in [1.54, 1.807) is 0 Å². The molecule has 1 aromatic heterocycles. The minimum absolute atomic E-state index is 0.102. The Morgan fingerprint density at radius 1 is 0.941 bits per heavy atom. The van der Waals surface area contributed by atoms with Crippen molar-refractivity contribution < 1.29 is 4.79 Å². The molecule has 34 heavy (non-hydrogen) atoms. The predicted molar refractivity (Wildman–Crippen MR) is 139 cm³/mol. The van der Waals surface area contributed by atoms with Gasteiger partial charge in [-0.05, 0) is 53.6 Å². The van der Waals surface area contributed by atoms with Gasteiger partial charge in [0.1, 0.15) is 6.54 Å². The molecule has 0 saturated heterocycles. The summed E-state index contributed by atoms with van der Waals surface area (Å²) in [7, 11) is 0. The van der Waals surface area contributed by atoms with Crippen LogP contribution in [0.1, 0.15) is 16.7 Å². The Balaban J connectivity index is 1.48. The molecule has 4 aromatic carbocycles. The second-order valence-electron chi connectivity index (χ2n) is 8.38. The van der Waals surface area contributed by atoms with E-state index in [0.29, 0.717) is 5.57 Å². The van der Waals surface area contributed by atoms with E-state index < -0.39 is 0 Å². The molecule has 5 aromatic rings. The highest BCUT2D eigenvalue weighted by molar-refractivity contribution is 6.00. The van der Waals surface area contributed by atoms with Gasteiger partial charge >= 0.3 is 0 Å². The van der Waals surface area contributed by atoms with E-state index in [2.05, 4.69) is 17.5 Å². The van der Waals surface area contributed by atoms with Gasteiger partial charge in [0.15, 0.2) is 0 Å². The number of anilines is 1. The molecule has 164 valence electrons. The lowest BCUT2D eigenvalue weighted by molar-refractivity contribution is -0.116. The Morgan fingerprint density at radius 2 is 1.68 bits per heavy atom. The van der Waals surface area contributed by atoms with Crippen LogP contribution in [0.3, 0.4) is 0 Å². The summed E-state index contributed by atoms with van der Waals surface area (Å²) in [5, 5.41) is 16.1. The minimum Gasteiger partial charge on any atom is -0.337 e. The van der Waals surface area contributed by atoms with Crippen LogP contribution in [0.2, 0.25) is 0 Å². The first-order chi connectivity index (χ1) is 16.6. The molecule has 0 fully saturated rings. The monoisotopic (exact) mass is 441 g/mol. The van der Waals surface area contributed by atoms with Gasteiger partial charge in [0, 0.05) is 28.4 Å². The number of fused-ring (bicyclic) bond motifs is 2. The second kappa shape index (κ2) is 9.09. The van der Waals surface area contributed by atoms with Crippen LogP contribution in [0.25, 0.3) is 33.3 Å². The van der Waals surface area contributed by atoms with E-state index in [4.69, 9.17) is 0 Å². The summed E-state index contributed by atoms with van der Waals surface area (Å²) in [6.45, 7) is 2.19. The zero-order valence-electron chi connectivity index (χ0n) is 18.8. The Morgan fingerprint density at radius 3 is 2.47 bits per heavy atom. The van der Waals surface area contributed by atoms with E-state index in [1.165, 1.54) is 0 Å². The maximum Gasteiger partial charge on any atom is 0.244 e. The first-order valence-corrected chi connectivity index (χ1v) is 11.2. The normalized spacial score (nSPS) is 11.5. The van der Waals surface area contributed by atoms with Crippen molar-refractivity contribution in [3.63, 3.8) is 0 Å². The molecule has 0 aliphatic heterocycles. The maximum atomic E-state index is 12.7. The number of nitriles is 1. The van der Waals surface area contributed by atoms with E-state index >= 15 is 0 Å². The number of para-hydroxylation sites is 1. The Bertz CT molecular complexity index is 1580. The molecule has 0 spiro atoms. The van der Waals surface area contributed by atoms with Crippen LogP contribution in [0.15, 0.2) is 97.2 Å². The number of hydrogen-bond donors (Lipinski definition) is 1. The van der Waals surface area contributed by atoms with Crippen molar-refractivity contribution in [2.24, 2.45) is 0 Å². The number of amides is 1. The third-order valence-electron chi connectivity index (χ3n) is 5.95. The van der Waals surface area contributed by atoms with Crippen LogP contribution in [-0.4, -0.2) is 10.5 Å². The van der Waals surface area contributed by atoms with Crippen molar-refractivity contribution in [3.8, 4) is 6.07 Å². The van der Waals surface area contributed by atoms with Crippen molar-refractivity contribution in [1.82, 2.24) is 4.57 Å². The van der Waals surface area contributed by atoms with E-state index in [0.717, 1.165) is 44.1 Å². The van der Waals surface area contributed by atoms with Crippen LogP contribution in [0.5, 0.6) is 0 Å². The standard InChI is InChI=1S/C30H23N3O/c1-21-10-14-27(15-11-21)32-30(34)20-33-19-26(28-8-4-5-9-29(28)33)17-25(18-31)24-13-12-22-6-2-3-7-23(22)16-24/h2-17,19H,20H2,1H3,(H,32,34). The molecule has 0 aliphatic carbocycles. The zero-order valence-corrected chi connectivity index (χ0v) is 18.8. The lowest BCUT2D eigenvalue weighted by Gasteiger charge is -2.07. The van der Waals surface area contributed by atoms with Gasteiger partial charge in [-0.15, -0.1) is 0 Å². The number of benzene rings is 4. The van der Waals surface area contributed by atoms with E-state index in [-0.39, 0.29) is 12.5 Å². The molecule has 0 unspecified atom stereocenters. The number of aromatic nitrogens is 1. The summed E-state index contributed by atoms with van der Waals surface area (Å²) >= 11 is 0. The minimum atomic E-state index is -0.102. The van der Waals surface area contributed by atoms with Crippen LogP contribution < -0.4 is 5.32 Å². The quantitative estimate of drug-likeness (QED) is 0.305. The number of aryl methyl sites for hydroxylation is 1. The summed E-state index contributed by atoms with van der Waals surface area (Å²) in [4.78, 5) is 12.7. The molecule has 5 rings (SSSR count). The van der Waals surface area contributed by atoms with Gasteiger partial charge in [-0.2, -0.15) is 5.26 Å². The average molecular weight is 442 g/mol. The molecule has 1 N–H and O–H groups in total. The van der Waals surface area contributed by atoms with Crippen molar-refractivity contribution in [1.29, 1.82) is 5.26 Å². The maximum absolute atomic E-state index is 12.7. The first-order valence-electron chi connectivity index (χ1n) is 11.2. The molecule has 0 atom stereocenters. The van der Waals surface area contributed by atoms with Crippen molar-refractivity contribution in [2.75, 3.05) is 5.32 Å². The van der Waals surface area contributed by atoms with Gasteiger partial charge < -0.3 is 9.88 Å². The fraction of sp³-hybridized carbons (Fsp3) is 0.0667. The van der Waals surface area contributed by atoms with Crippen LogP contribution >= 0.6 is 0 Å². The summed E-state index contributed by atoms with van der Waals surface area (Å²) in [5.41, 5.74) is 5.22. The molecule has 1 heterocycles. The summed E-state index contributed by atoms with van der Waals surface area (Å²) in [5.74, 6) is -0.102. The third kappa shape index (κ3) is 4.32. The van der Waals surface area contributed by atoms with Gasteiger partial charge in [0.2, 0.25) is 5.91 Å². The smallest absolute Gasteiger partial charge is 0.244 e. The zero-order chi connectivity index (χ0) is 23.5. The number of allylic oxidation sites excluding steroid dienone is 1. The van der Waals surface area contributed by atoms with Gasteiger partial charge in [-0.25, -0.2) is 0 Å². The number of rotatable bonds is 5. The summed E-state index contributed by atoms with van der Waals surface area (Å²) < 4.78 is 1.93. The topological polar surface area (TPSA) is 57.8 Å². The molecular weight excluding hydrogens is 418 g/mol. The molecule has 4 nitrogen and oxygen atoms in total. The number of carbonyl (C=O) groups excluding carboxylic acids is 1. The molecule has 0 radical (unpaired) electrons. The number of nitrogens with zero attached hydrogens (tertiary/aromatic N) is 2. The Hall–Kier alpha value is -4.62.